The predicted molar refractivity (Wildman–Crippen MR) is 87.5 cm³/mol. The molecule has 2 saturated heterocycles. The molecular weight excluding hydrogens is 260 g/mol. The van der Waals surface area contributed by atoms with Gasteiger partial charge in [0, 0.05) is 31.2 Å². The number of nitrogens with one attached hydrogen (secondary N) is 1. The molecule has 3 nitrogen and oxygen atoms in total. The molecule has 2 aliphatic heterocycles. The van der Waals surface area contributed by atoms with E-state index in [1.807, 2.05) is 0 Å². The Hall–Kier alpha value is -0.120. The molecule has 1 aliphatic carbocycles. The summed E-state index contributed by atoms with van der Waals surface area (Å²) >= 11 is 0. The average molecular weight is 294 g/mol. The Balaban J connectivity index is 1.68. The first-order valence-corrected chi connectivity index (χ1v) is 8.96. The lowest BCUT2D eigenvalue weighted by Crippen LogP contribution is -2.66. The van der Waals surface area contributed by atoms with Crippen LogP contribution in [0.15, 0.2) is 0 Å². The molecule has 2 heterocycles. The molecule has 0 spiro atoms. The Morgan fingerprint density at radius 2 is 1.90 bits per heavy atom. The van der Waals surface area contributed by atoms with Gasteiger partial charge in [-0.15, -0.1) is 0 Å². The van der Waals surface area contributed by atoms with Gasteiger partial charge in [-0.3, -0.25) is 4.90 Å². The first-order valence-electron chi connectivity index (χ1n) is 8.96. The van der Waals surface area contributed by atoms with Crippen LogP contribution < -0.4 is 5.32 Å². The number of hydrogen-bond donors (Lipinski definition) is 1. The third-order valence-electron chi connectivity index (χ3n) is 6.10. The summed E-state index contributed by atoms with van der Waals surface area (Å²) in [6.45, 7) is 15.1. The molecule has 0 bridgehead atoms. The Kier molecular flexibility index (Phi) is 4.13. The predicted octanol–water partition coefficient (Wildman–Crippen LogP) is 3.04. The summed E-state index contributed by atoms with van der Waals surface area (Å²) in [5.74, 6) is 1.60. The maximum Gasteiger partial charge on any atom is 0.0710 e. The minimum Gasteiger partial charge on any atom is -0.371 e. The molecule has 0 aromatic carbocycles. The lowest BCUT2D eigenvalue weighted by atomic mass is 9.87. The highest BCUT2D eigenvalue weighted by atomic mass is 16.5. The monoisotopic (exact) mass is 294 g/mol. The molecule has 0 amide bonds. The first kappa shape index (κ1) is 15.8. The molecule has 0 radical (unpaired) electrons. The van der Waals surface area contributed by atoms with E-state index in [2.05, 4.69) is 44.8 Å². The summed E-state index contributed by atoms with van der Waals surface area (Å²) in [5, 5.41) is 3.82. The maximum atomic E-state index is 6.28. The van der Waals surface area contributed by atoms with Crippen LogP contribution in [0, 0.1) is 11.8 Å². The highest BCUT2D eigenvalue weighted by molar-refractivity contribution is 5.06. The van der Waals surface area contributed by atoms with Crippen LogP contribution >= 0.6 is 0 Å². The molecule has 0 aromatic heterocycles. The molecule has 122 valence electrons. The molecule has 3 fully saturated rings. The van der Waals surface area contributed by atoms with Gasteiger partial charge < -0.3 is 10.1 Å². The second-order valence-corrected chi connectivity index (χ2v) is 8.81. The molecule has 21 heavy (non-hydrogen) atoms. The van der Waals surface area contributed by atoms with Crippen LogP contribution in [0.3, 0.4) is 0 Å². The van der Waals surface area contributed by atoms with E-state index in [4.69, 9.17) is 4.74 Å². The van der Waals surface area contributed by atoms with Gasteiger partial charge >= 0.3 is 0 Å². The number of piperazine rings is 1. The van der Waals surface area contributed by atoms with Crippen molar-refractivity contribution in [2.75, 3.05) is 19.6 Å². The molecule has 3 atom stereocenters. The van der Waals surface area contributed by atoms with E-state index in [1.165, 1.54) is 32.2 Å². The normalized spacial score (nSPS) is 40.9. The fourth-order valence-corrected chi connectivity index (χ4v) is 4.25. The van der Waals surface area contributed by atoms with Gasteiger partial charge in [-0.25, -0.2) is 0 Å². The Labute approximate surface area is 130 Å². The van der Waals surface area contributed by atoms with Gasteiger partial charge in [-0.1, -0.05) is 13.8 Å². The number of ether oxygens (including phenoxy) is 1. The summed E-state index contributed by atoms with van der Waals surface area (Å²) in [6.07, 6.45) is 5.70. The lowest BCUT2D eigenvalue weighted by Gasteiger charge is -2.50. The largest absolute Gasteiger partial charge is 0.371 e. The molecule has 3 aliphatic rings. The zero-order valence-electron chi connectivity index (χ0n) is 14.6. The van der Waals surface area contributed by atoms with Gasteiger partial charge in [0.1, 0.15) is 0 Å². The molecule has 3 heteroatoms. The van der Waals surface area contributed by atoms with E-state index >= 15 is 0 Å². The second kappa shape index (κ2) is 5.50. The SMILES string of the molecule is CC(C)C1CN(CC2CCC(C)(C)O2)C(C)(C2CC2)CN1. The van der Waals surface area contributed by atoms with Crippen LogP contribution in [-0.2, 0) is 4.74 Å². The summed E-state index contributed by atoms with van der Waals surface area (Å²) in [6, 6.07) is 0.631. The average Bonchev–Trinajstić information content (AvgIpc) is 3.18. The third kappa shape index (κ3) is 3.30. The van der Waals surface area contributed by atoms with E-state index < -0.39 is 0 Å². The van der Waals surface area contributed by atoms with Crippen molar-refractivity contribution in [3.8, 4) is 0 Å². The molecular formula is C18H34N2O. The minimum absolute atomic E-state index is 0.0894. The highest BCUT2D eigenvalue weighted by Gasteiger charge is 2.49. The van der Waals surface area contributed by atoms with Crippen LogP contribution in [0.5, 0.6) is 0 Å². The summed E-state index contributed by atoms with van der Waals surface area (Å²) in [4.78, 5) is 2.78. The van der Waals surface area contributed by atoms with Gasteiger partial charge in [0.15, 0.2) is 0 Å². The van der Waals surface area contributed by atoms with E-state index in [-0.39, 0.29) is 5.60 Å². The molecule has 1 saturated carbocycles. The Morgan fingerprint density at radius 1 is 1.19 bits per heavy atom. The van der Waals surface area contributed by atoms with Crippen LogP contribution in [0.2, 0.25) is 0 Å². The fraction of sp³-hybridized carbons (Fsp3) is 1.00. The van der Waals surface area contributed by atoms with Crippen molar-refractivity contribution in [2.24, 2.45) is 11.8 Å². The standard InChI is InChI=1S/C18H34N2O/c1-13(2)16-11-20(10-15-8-9-17(3,4)21-15)18(5,12-19-16)14-6-7-14/h13-16,19H,6-12H2,1-5H3. The quantitative estimate of drug-likeness (QED) is 0.862. The van der Waals surface area contributed by atoms with Crippen molar-refractivity contribution >= 4 is 0 Å². The van der Waals surface area contributed by atoms with Gasteiger partial charge in [0.25, 0.3) is 0 Å². The van der Waals surface area contributed by atoms with Crippen molar-refractivity contribution in [3.05, 3.63) is 0 Å². The fourth-order valence-electron chi connectivity index (χ4n) is 4.25. The number of hydrogen-bond acceptors (Lipinski definition) is 3. The van der Waals surface area contributed by atoms with Crippen LogP contribution in [0.25, 0.3) is 0 Å². The van der Waals surface area contributed by atoms with Crippen LogP contribution in [0.1, 0.15) is 60.3 Å². The Morgan fingerprint density at radius 3 is 2.43 bits per heavy atom. The lowest BCUT2D eigenvalue weighted by molar-refractivity contribution is -0.0590. The minimum atomic E-state index is 0.0894. The van der Waals surface area contributed by atoms with Gasteiger partial charge in [-0.05, 0) is 58.3 Å². The number of rotatable bonds is 4. The zero-order chi connectivity index (χ0) is 15.3. The van der Waals surface area contributed by atoms with E-state index in [0.717, 1.165) is 19.0 Å². The first-order chi connectivity index (χ1) is 9.80. The van der Waals surface area contributed by atoms with Gasteiger partial charge in [-0.2, -0.15) is 0 Å². The molecule has 3 unspecified atom stereocenters. The zero-order valence-corrected chi connectivity index (χ0v) is 14.6. The van der Waals surface area contributed by atoms with E-state index in [9.17, 15) is 0 Å². The summed E-state index contributed by atoms with van der Waals surface area (Å²) in [5.41, 5.74) is 0.438. The van der Waals surface area contributed by atoms with Crippen molar-refractivity contribution in [3.63, 3.8) is 0 Å². The molecule has 3 rings (SSSR count). The van der Waals surface area contributed by atoms with E-state index in [0.29, 0.717) is 23.6 Å². The van der Waals surface area contributed by atoms with E-state index in [1.54, 1.807) is 0 Å². The van der Waals surface area contributed by atoms with Crippen molar-refractivity contribution < 1.29 is 4.74 Å². The van der Waals surface area contributed by atoms with Crippen molar-refractivity contribution in [1.29, 1.82) is 0 Å². The topological polar surface area (TPSA) is 24.5 Å². The van der Waals surface area contributed by atoms with Crippen LogP contribution in [0.4, 0.5) is 0 Å². The molecule has 0 aromatic rings. The smallest absolute Gasteiger partial charge is 0.0710 e. The summed E-state index contributed by atoms with van der Waals surface area (Å²) in [7, 11) is 0. The van der Waals surface area contributed by atoms with Gasteiger partial charge in [0.2, 0.25) is 0 Å². The van der Waals surface area contributed by atoms with Gasteiger partial charge in [0.05, 0.1) is 11.7 Å². The second-order valence-electron chi connectivity index (χ2n) is 8.81. The number of nitrogens with zero attached hydrogens (tertiary/aromatic N) is 1. The highest BCUT2D eigenvalue weighted by Crippen LogP contribution is 2.45. The Bertz CT molecular complexity index is 377. The maximum absolute atomic E-state index is 6.28. The van der Waals surface area contributed by atoms with Crippen molar-refractivity contribution in [1.82, 2.24) is 10.2 Å². The van der Waals surface area contributed by atoms with Crippen molar-refractivity contribution in [2.45, 2.75) is 83.6 Å². The molecule has 1 N–H and O–H groups in total. The van der Waals surface area contributed by atoms with Crippen LogP contribution in [-0.4, -0.2) is 47.8 Å². The summed E-state index contributed by atoms with van der Waals surface area (Å²) < 4.78 is 6.28. The third-order valence-corrected chi connectivity index (χ3v) is 6.10.